The molecule has 0 unspecified atom stereocenters. The van der Waals surface area contributed by atoms with Gasteiger partial charge >= 0.3 is 0 Å². The minimum Gasteiger partial charge on any atom is -0.325 e. The molecule has 1 N–H and O–H groups in total. The summed E-state index contributed by atoms with van der Waals surface area (Å²) >= 11 is 6.07. The Labute approximate surface area is 158 Å². The molecular formula is C18H18ClN3O3S. The number of aryl methyl sites for hydroxylation is 1. The van der Waals surface area contributed by atoms with E-state index in [1.54, 1.807) is 43.3 Å². The molecule has 0 atom stereocenters. The van der Waals surface area contributed by atoms with Crippen molar-refractivity contribution < 1.29 is 13.2 Å². The first-order valence-electron chi connectivity index (χ1n) is 7.70. The topological polar surface area (TPSA) is 90.3 Å². The molecule has 2 aromatic carbocycles. The summed E-state index contributed by atoms with van der Waals surface area (Å²) in [7, 11) is -3.67. The van der Waals surface area contributed by atoms with Gasteiger partial charge in [0.2, 0.25) is 15.9 Å². The zero-order chi connectivity index (χ0) is 19.3. The second-order valence-corrected chi connectivity index (χ2v) is 8.10. The van der Waals surface area contributed by atoms with E-state index >= 15 is 0 Å². The summed E-state index contributed by atoms with van der Waals surface area (Å²) in [5, 5.41) is 11.7. The van der Waals surface area contributed by atoms with Crippen LogP contribution in [0.2, 0.25) is 5.02 Å². The van der Waals surface area contributed by atoms with Crippen molar-refractivity contribution in [3.63, 3.8) is 0 Å². The third-order valence-electron chi connectivity index (χ3n) is 3.65. The predicted octanol–water partition coefficient (Wildman–Crippen LogP) is 3.12. The highest BCUT2D eigenvalue weighted by Gasteiger charge is 2.21. The SMILES string of the molecule is Cc1ccc(N(CC(=O)Nc2ccc(CC#N)cc2)S(C)(=O)=O)cc1Cl. The highest BCUT2D eigenvalue weighted by atomic mass is 35.5. The van der Waals surface area contributed by atoms with Crippen molar-refractivity contribution in [2.75, 3.05) is 22.4 Å². The fraction of sp³-hybridized carbons (Fsp3) is 0.222. The van der Waals surface area contributed by atoms with E-state index in [1.807, 2.05) is 6.07 Å². The van der Waals surface area contributed by atoms with Crippen LogP contribution in [-0.4, -0.2) is 27.1 Å². The van der Waals surface area contributed by atoms with Crippen LogP contribution in [0.5, 0.6) is 0 Å². The lowest BCUT2D eigenvalue weighted by atomic mass is 10.1. The maximum atomic E-state index is 12.3. The summed E-state index contributed by atoms with van der Waals surface area (Å²) in [4.78, 5) is 12.3. The number of nitriles is 1. The number of amides is 1. The van der Waals surface area contributed by atoms with Crippen LogP contribution in [0, 0.1) is 18.3 Å². The van der Waals surface area contributed by atoms with Crippen molar-refractivity contribution in [2.45, 2.75) is 13.3 Å². The van der Waals surface area contributed by atoms with Crippen molar-refractivity contribution >= 4 is 38.9 Å². The van der Waals surface area contributed by atoms with E-state index < -0.39 is 15.9 Å². The molecule has 2 rings (SSSR count). The molecule has 0 aliphatic carbocycles. The van der Waals surface area contributed by atoms with Crippen LogP contribution in [0.15, 0.2) is 42.5 Å². The highest BCUT2D eigenvalue weighted by Crippen LogP contribution is 2.25. The molecule has 2 aromatic rings. The van der Waals surface area contributed by atoms with Crippen LogP contribution >= 0.6 is 11.6 Å². The molecule has 0 aliphatic rings. The highest BCUT2D eigenvalue weighted by molar-refractivity contribution is 7.92. The normalized spacial score (nSPS) is 10.8. The van der Waals surface area contributed by atoms with Gasteiger partial charge in [-0.25, -0.2) is 8.42 Å². The average molecular weight is 392 g/mol. The van der Waals surface area contributed by atoms with Crippen molar-refractivity contribution in [1.29, 1.82) is 5.26 Å². The lowest BCUT2D eigenvalue weighted by molar-refractivity contribution is -0.114. The van der Waals surface area contributed by atoms with Crippen molar-refractivity contribution in [3.8, 4) is 6.07 Å². The molecule has 26 heavy (non-hydrogen) atoms. The minimum atomic E-state index is -3.67. The number of sulfonamides is 1. The molecule has 0 spiro atoms. The van der Waals surface area contributed by atoms with Gasteiger partial charge in [0.25, 0.3) is 0 Å². The Morgan fingerprint density at radius 3 is 2.42 bits per heavy atom. The molecule has 0 aliphatic heterocycles. The van der Waals surface area contributed by atoms with Crippen LogP contribution in [0.4, 0.5) is 11.4 Å². The molecule has 0 saturated heterocycles. The van der Waals surface area contributed by atoms with Crippen molar-refractivity contribution in [3.05, 3.63) is 58.6 Å². The van der Waals surface area contributed by atoms with E-state index in [9.17, 15) is 13.2 Å². The van der Waals surface area contributed by atoms with Crippen molar-refractivity contribution in [2.24, 2.45) is 0 Å². The number of rotatable bonds is 6. The molecule has 1 amide bonds. The van der Waals surface area contributed by atoms with Gasteiger partial charge in [-0.1, -0.05) is 29.8 Å². The Hall–Kier alpha value is -2.56. The molecule has 136 valence electrons. The molecule has 0 radical (unpaired) electrons. The predicted molar refractivity (Wildman–Crippen MR) is 103 cm³/mol. The monoisotopic (exact) mass is 391 g/mol. The van der Waals surface area contributed by atoms with Gasteiger partial charge in [-0.15, -0.1) is 0 Å². The second kappa shape index (κ2) is 8.21. The Morgan fingerprint density at radius 2 is 1.88 bits per heavy atom. The Bertz CT molecular complexity index is 951. The summed E-state index contributed by atoms with van der Waals surface area (Å²) in [6, 6.07) is 13.6. The summed E-state index contributed by atoms with van der Waals surface area (Å²) in [6.07, 6.45) is 1.31. The molecular weight excluding hydrogens is 374 g/mol. The average Bonchev–Trinajstić information content (AvgIpc) is 2.56. The molecule has 0 bridgehead atoms. The molecule has 0 heterocycles. The Kier molecular flexibility index (Phi) is 6.24. The first kappa shape index (κ1) is 19.8. The minimum absolute atomic E-state index is 0.282. The van der Waals surface area contributed by atoms with Gasteiger partial charge in [0.05, 0.1) is 24.4 Å². The van der Waals surface area contributed by atoms with E-state index in [4.69, 9.17) is 16.9 Å². The van der Waals surface area contributed by atoms with E-state index in [-0.39, 0.29) is 13.0 Å². The van der Waals surface area contributed by atoms with E-state index in [0.29, 0.717) is 16.4 Å². The van der Waals surface area contributed by atoms with Gasteiger partial charge in [0.15, 0.2) is 0 Å². The summed E-state index contributed by atoms with van der Waals surface area (Å²) < 4.78 is 25.2. The zero-order valence-corrected chi connectivity index (χ0v) is 15.9. The fourth-order valence-corrected chi connectivity index (χ4v) is 3.29. The number of halogens is 1. The molecule has 0 saturated carbocycles. The smallest absolute Gasteiger partial charge is 0.245 e. The zero-order valence-electron chi connectivity index (χ0n) is 14.4. The maximum absolute atomic E-state index is 12.3. The third-order valence-corrected chi connectivity index (χ3v) is 5.20. The molecule has 6 nitrogen and oxygen atoms in total. The summed E-state index contributed by atoms with van der Waals surface area (Å²) in [5.41, 5.74) is 2.48. The van der Waals surface area contributed by atoms with Crippen LogP contribution < -0.4 is 9.62 Å². The number of nitrogens with zero attached hydrogens (tertiary/aromatic N) is 2. The Balaban J connectivity index is 2.16. The first-order valence-corrected chi connectivity index (χ1v) is 9.93. The van der Waals surface area contributed by atoms with Gasteiger partial charge in [0.1, 0.15) is 6.54 Å². The standard InChI is InChI=1S/C18H18ClN3O3S/c1-13-3-8-16(11-17(13)19)22(26(2,24)25)12-18(23)21-15-6-4-14(5-7-15)9-10-20/h3-8,11H,9,12H2,1-2H3,(H,21,23). The fourth-order valence-electron chi connectivity index (χ4n) is 2.27. The lowest BCUT2D eigenvalue weighted by Gasteiger charge is -2.22. The van der Waals surface area contributed by atoms with Gasteiger partial charge in [-0.3, -0.25) is 9.10 Å². The molecule has 8 heteroatoms. The summed E-state index contributed by atoms with van der Waals surface area (Å²) in [6.45, 7) is 1.43. The van der Waals surface area contributed by atoms with Crippen LogP contribution in [0.1, 0.15) is 11.1 Å². The van der Waals surface area contributed by atoms with Gasteiger partial charge in [-0.2, -0.15) is 5.26 Å². The van der Waals surface area contributed by atoms with Gasteiger partial charge in [-0.05, 0) is 42.3 Å². The summed E-state index contributed by atoms with van der Waals surface area (Å²) in [5.74, 6) is -0.486. The number of carbonyl (C=O) groups excluding carboxylic acids is 1. The number of hydrogen-bond donors (Lipinski definition) is 1. The molecule has 0 aromatic heterocycles. The quantitative estimate of drug-likeness (QED) is 0.819. The lowest BCUT2D eigenvalue weighted by Crippen LogP contribution is -2.37. The van der Waals surface area contributed by atoms with Gasteiger partial charge in [0, 0.05) is 10.7 Å². The van der Waals surface area contributed by atoms with E-state index in [1.165, 1.54) is 6.07 Å². The van der Waals surface area contributed by atoms with E-state index in [2.05, 4.69) is 5.32 Å². The number of benzene rings is 2. The molecule has 0 fully saturated rings. The third kappa shape index (κ3) is 5.22. The van der Waals surface area contributed by atoms with Gasteiger partial charge < -0.3 is 5.32 Å². The largest absolute Gasteiger partial charge is 0.325 e. The van der Waals surface area contributed by atoms with Crippen molar-refractivity contribution in [1.82, 2.24) is 0 Å². The van der Waals surface area contributed by atoms with Crippen LogP contribution in [-0.2, 0) is 21.2 Å². The maximum Gasteiger partial charge on any atom is 0.245 e. The van der Waals surface area contributed by atoms with Crippen LogP contribution in [0.25, 0.3) is 0 Å². The van der Waals surface area contributed by atoms with Crippen LogP contribution in [0.3, 0.4) is 0 Å². The number of hydrogen-bond acceptors (Lipinski definition) is 4. The first-order chi connectivity index (χ1) is 12.2. The Morgan fingerprint density at radius 1 is 1.23 bits per heavy atom. The number of nitrogens with one attached hydrogen (secondary N) is 1. The number of anilines is 2. The second-order valence-electron chi connectivity index (χ2n) is 5.78. The number of carbonyl (C=O) groups is 1. The van der Waals surface area contributed by atoms with E-state index in [0.717, 1.165) is 21.7 Å².